The molecular formula is C24H21N3O5S. The maximum atomic E-state index is 13.0. The summed E-state index contributed by atoms with van der Waals surface area (Å²) in [6, 6.07) is 19.5. The van der Waals surface area contributed by atoms with Crippen molar-refractivity contribution < 1.29 is 22.7 Å². The summed E-state index contributed by atoms with van der Waals surface area (Å²) in [7, 11) is -1.13. The largest absolute Gasteiger partial charge is 0.497 e. The van der Waals surface area contributed by atoms with Gasteiger partial charge in [0.1, 0.15) is 16.4 Å². The van der Waals surface area contributed by atoms with E-state index in [9.17, 15) is 13.2 Å². The van der Waals surface area contributed by atoms with Crippen LogP contribution in [-0.2, 0) is 14.8 Å². The minimum absolute atomic E-state index is 0.127. The number of anilines is 2. The van der Waals surface area contributed by atoms with E-state index in [0.29, 0.717) is 17.0 Å². The van der Waals surface area contributed by atoms with Crippen LogP contribution in [0, 0.1) is 11.3 Å². The van der Waals surface area contributed by atoms with Crippen molar-refractivity contribution in [2.45, 2.75) is 4.90 Å². The Labute approximate surface area is 192 Å². The highest BCUT2D eigenvalue weighted by Gasteiger charge is 2.21. The molecule has 1 amide bonds. The molecule has 3 aromatic rings. The molecule has 0 aromatic heterocycles. The fraction of sp³-hybridized carbons (Fsp3) is 0.0833. The van der Waals surface area contributed by atoms with Gasteiger partial charge in [0.2, 0.25) is 5.91 Å². The quantitative estimate of drug-likeness (QED) is 0.487. The topological polar surface area (TPSA) is 118 Å². The summed E-state index contributed by atoms with van der Waals surface area (Å²) in [6.45, 7) is 0. The monoisotopic (exact) mass is 463 g/mol. The second-order valence-electron chi connectivity index (χ2n) is 6.76. The number of methoxy groups -OCH3 is 2. The maximum Gasteiger partial charge on any atom is 0.265 e. The Kier molecular flexibility index (Phi) is 7.33. The average Bonchev–Trinajstić information content (AvgIpc) is 2.83. The number of sulfonamides is 1. The molecule has 0 heterocycles. The summed E-state index contributed by atoms with van der Waals surface area (Å²) in [5.41, 5.74) is 1.88. The zero-order valence-electron chi connectivity index (χ0n) is 17.9. The molecular weight excluding hydrogens is 442 g/mol. The molecule has 168 valence electrons. The van der Waals surface area contributed by atoms with Crippen molar-refractivity contribution in [3.8, 4) is 17.6 Å². The molecule has 33 heavy (non-hydrogen) atoms. The van der Waals surface area contributed by atoms with E-state index in [2.05, 4.69) is 10.0 Å². The Morgan fingerprint density at radius 1 is 0.939 bits per heavy atom. The molecule has 0 aliphatic heterocycles. The lowest BCUT2D eigenvalue weighted by atomic mass is 10.1. The third-order valence-electron chi connectivity index (χ3n) is 4.53. The van der Waals surface area contributed by atoms with Crippen molar-refractivity contribution in [2.24, 2.45) is 0 Å². The Balaban J connectivity index is 1.78. The highest BCUT2D eigenvalue weighted by atomic mass is 32.2. The van der Waals surface area contributed by atoms with Crippen LogP contribution in [0.5, 0.6) is 11.5 Å². The highest BCUT2D eigenvalue weighted by Crippen LogP contribution is 2.29. The molecule has 9 heteroatoms. The first kappa shape index (κ1) is 23.4. The van der Waals surface area contributed by atoms with E-state index in [1.165, 1.54) is 32.4 Å². The van der Waals surface area contributed by atoms with E-state index < -0.39 is 15.9 Å². The molecule has 0 atom stereocenters. The number of hydrogen-bond acceptors (Lipinski definition) is 6. The molecule has 0 radical (unpaired) electrons. The van der Waals surface area contributed by atoms with Crippen LogP contribution < -0.4 is 19.5 Å². The molecule has 0 unspecified atom stereocenters. The van der Waals surface area contributed by atoms with Gasteiger partial charge in [-0.1, -0.05) is 12.1 Å². The summed E-state index contributed by atoms with van der Waals surface area (Å²) in [4.78, 5) is 12.2. The number of benzene rings is 3. The number of amides is 1. The Morgan fingerprint density at radius 3 is 2.21 bits per heavy atom. The molecule has 0 saturated carbocycles. The molecule has 0 aliphatic carbocycles. The first-order chi connectivity index (χ1) is 15.8. The fourth-order valence-electron chi connectivity index (χ4n) is 2.86. The Morgan fingerprint density at radius 2 is 1.61 bits per heavy atom. The van der Waals surface area contributed by atoms with E-state index in [1.54, 1.807) is 60.7 Å². The highest BCUT2D eigenvalue weighted by molar-refractivity contribution is 7.92. The van der Waals surface area contributed by atoms with Crippen LogP contribution in [0.2, 0.25) is 0 Å². The summed E-state index contributed by atoms with van der Waals surface area (Å²) >= 11 is 0. The predicted octanol–water partition coefficient (Wildman–Crippen LogP) is 4.03. The van der Waals surface area contributed by atoms with E-state index in [0.717, 1.165) is 5.56 Å². The molecule has 3 aromatic carbocycles. The number of carbonyl (C=O) groups excluding carboxylic acids is 1. The lowest BCUT2D eigenvalue weighted by molar-refractivity contribution is -0.111. The Bertz CT molecular complexity index is 1310. The summed E-state index contributed by atoms with van der Waals surface area (Å²) in [5, 5.41) is 11.5. The van der Waals surface area contributed by atoms with Gasteiger partial charge in [-0.15, -0.1) is 0 Å². The predicted molar refractivity (Wildman–Crippen MR) is 126 cm³/mol. The van der Waals surface area contributed by atoms with Crippen LogP contribution in [0.15, 0.2) is 77.7 Å². The number of ether oxygens (including phenoxy) is 2. The van der Waals surface area contributed by atoms with Crippen LogP contribution in [0.25, 0.3) is 6.08 Å². The molecule has 2 N–H and O–H groups in total. The maximum absolute atomic E-state index is 13.0. The van der Waals surface area contributed by atoms with Crippen molar-refractivity contribution in [3.63, 3.8) is 0 Å². The van der Waals surface area contributed by atoms with E-state index in [1.807, 2.05) is 6.07 Å². The van der Waals surface area contributed by atoms with Gasteiger partial charge < -0.3 is 14.8 Å². The number of nitriles is 1. The van der Waals surface area contributed by atoms with Crippen LogP contribution in [0.4, 0.5) is 11.4 Å². The van der Waals surface area contributed by atoms with Crippen LogP contribution in [-0.4, -0.2) is 28.5 Å². The smallest absolute Gasteiger partial charge is 0.265 e. The zero-order valence-corrected chi connectivity index (χ0v) is 18.7. The first-order valence-electron chi connectivity index (χ1n) is 9.69. The van der Waals surface area contributed by atoms with Gasteiger partial charge in [0, 0.05) is 17.5 Å². The Hall–Kier alpha value is -4.29. The first-order valence-corrected chi connectivity index (χ1v) is 11.2. The molecule has 0 spiro atoms. The second-order valence-corrected chi connectivity index (χ2v) is 8.41. The number of nitrogens with one attached hydrogen (secondary N) is 2. The van der Waals surface area contributed by atoms with Gasteiger partial charge in [0.05, 0.1) is 25.9 Å². The number of hydrogen-bond donors (Lipinski definition) is 2. The van der Waals surface area contributed by atoms with Gasteiger partial charge in [-0.25, -0.2) is 8.42 Å². The van der Waals surface area contributed by atoms with Gasteiger partial charge in [-0.05, 0) is 66.2 Å². The average molecular weight is 464 g/mol. The molecule has 0 saturated heterocycles. The number of rotatable bonds is 8. The van der Waals surface area contributed by atoms with Crippen molar-refractivity contribution in [1.82, 2.24) is 0 Å². The second kappa shape index (κ2) is 10.3. The van der Waals surface area contributed by atoms with Gasteiger partial charge in [-0.3, -0.25) is 9.52 Å². The summed E-state index contributed by atoms with van der Waals surface area (Å²) < 4.78 is 38.7. The summed E-state index contributed by atoms with van der Waals surface area (Å²) in [6.07, 6.45) is 2.90. The van der Waals surface area contributed by atoms with Crippen molar-refractivity contribution in [2.75, 3.05) is 24.3 Å². The van der Waals surface area contributed by atoms with Crippen LogP contribution in [0.3, 0.4) is 0 Å². The summed E-state index contributed by atoms with van der Waals surface area (Å²) in [5.74, 6) is 0.271. The van der Waals surface area contributed by atoms with Gasteiger partial charge in [0.15, 0.2) is 0 Å². The van der Waals surface area contributed by atoms with Gasteiger partial charge in [0.25, 0.3) is 10.0 Å². The fourth-order valence-corrected chi connectivity index (χ4v) is 4.11. The van der Waals surface area contributed by atoms with E-state index >= 15 is 0 Å². The van der Waals surface area contributed by atoms with Gasteiger partial charge >= 0.3 is 0 Å². The van der Waals surface area contributed by atoms with Crippen molar-refractivity contribution >= 4 is 33.4 Å². The molecule has 0 bridgehead atoms. The standard InChI is InChI=1S/C24H21N3O5S/c1-31-21-11-8-19(9-12-21)27-33(29,30)23-15-20(10-13-22(23)32-2)26-24(28)14-7-17-3-5-18(16-25)6-4-17/h3-15,27H,1-2H3,(H,26,28)/b14-7+. The molecule has 3 rings (SSSR count). The molecule has 0 fully saturated rings. The van der Waals surface area contributed by atoms with Crippen LogP contribution in [0.1, 0.15) is 11.1 Å². The normalized spacial score (nSPS) is 10.9. The molecule has 8 nitrogen and oxygen atoms in total. The SMILES string of the molecule is COc1ccc(NS(=O)(=O)c2cc(NC(=O)/C=C/c3ccc(C#N)cc3)ccc2OC)cc1. The minimum atomic E-state index is -4.01. The van der Waals surface area contributed by atoms with Gasteiger partial charge in [-0.2, -0.15) is 5.26 Å². The number of carbonyl (C=O) groups is 1. The van der Waals surface area contributed by atoms with E-state index in [4.69, 9.17) is 14.7 Å². The lowest BCUT2D eigenvalue weighted by Gasteiger charge is -2.13. The zero-order chi connectivity index (χ0) is 23.8. The third-order valence-corrected chi connectivity index (χ3v) is 5.93. The molecule has 0 aliphatic rings. The third kappa shape index (κ3) is 6.12. The van der Waals surface area contributed by atoms with Crippen molar-refractivity contribution in [3.05, 3.63) is 83.9 Å². The minimum Gasteiger partial charge on any atom is -0.497 e. The van der Waals surface area contributed by atoms with Crippen molar-refractivity contribution in [1.29, 1.82) is 5.26 Å². The van der Waals surface area contributed by atoms with E-state index in [-0.39, 0.29) is 16.3 Å². The number of nitrogens with zero attached hydrogens (tertiary/aromatic N) is 1. The van der Waals surface area contributed by atoms with Crippen LogP contribution >= 0.6 is 0 Å². The lowest BCUT2D eigenvalue weighted by Crippen LogP contribution is -2.15.